The Morgan fingerprint density at radius 1 is 0.976 bits per heavy atom. The Kier molecular flexibility index (Phi) is 11.9. The van der Waals surface area contributed by atoms with E-state index in [1.54, 1.807) is 51.1 Å². The van der Waals surface area contributed by atoms with Crippen LogP contribution in [-0.4, -0.2) is 43.1 Å². The van der Waals surface area contributed by atoms with Crippen LogP contribution in [0.2, 0.25) is 0 Å². The maximum atomic E-state index is 12.9. The number of rotatable bonds is 13. The number of hydrazone groups is 1. The van der Waals surface area contributed by atoms with E-state index in [1.807, 2.05) is 49.4 Å². The van der Waals surface area contributed by atoms with Crippen molar-refractivity contribution >= 4 is 18.2 Å². The minimum Gasteiger partial charge on any atom is -0.490 e. The van der Waals surface area contributed by atoms with Crippen molar-refractivity contribution in [1.82, 2.24) is 10.7 Å². The Labute approximate surface area is 246 Å². The number of benzene rings is 3. The number of ether oxygens (including phenoxy) is 4. The average Bonchev–Trinajstić information content (AvgIpc) is 2.96. The zero-order valence-electron chi connectivity index (χ0n) is 24.3. The highest BCUT2D eigenvalue weighted by Crippen LogP contribution is 2.29. The first-order chi connectivity index (χ1) is 20.2. The number of hydrogen-bond acceptors (Lipinski definition) is 8. The van der Waals surface area contributed by atoms with E-state index in [4.69, 9.17) is 18.9 Å². The van der Waals surface area contributed by atoms with Crippen molar-refractivity contribution < 1.29 is 28.5 Å². The molecule has 0 saturated carbocycles. The first-order valence-corrected chi connectivity index (χ1v) is 13.5. The lowest BCUT2D eigenvalue weighted by Crippen LogP contribution is -2.49. The number of carbonyl (C=O) groups is 2. The molecule has 0 aliphatic heterocycles. The summed E-state index contributed by atoms with van der Waals surface area (Å²) < 4.78 is 22.7. The van der Waals surface area contributed by atoms with Crippen molar-refractivity contribution in [2.45, 2.75) is 52.6 Å². The number of nitriles is 1. The molecule has 3 aromatic rings. The molecular formula is C32H36N4O6. The molecule has 0 spiro atoms. The van der Waals surface area contributed by atoms with E-state index in [1.165, 1.54) is 6.21 Å². The third-order valence-corrected chi connectivity index (χ3v) is 5.58. The lowest BCUT2D eigenvalue weighted by molar-refractivity contribution is -0.124. The monoisotopic (exact) mass is 572 g/mol. The molecule has 3 rings (SSSR count). The average molecular weight is 573 g/mol. The quantitative estimate of drug-likeness (QED) is 0.215. The maximum absolute atomic E-state index is 12.9. The van der Waals surface area contributed by atoms with Gasteiger partial charge in [-0.15, -0.1) is 0 Å². The van der Waals surface area contributed by atoms with E-state index in [2.05, 4.69) is 21.9 Å². The fourth-order valence-corrected chi connectivity index (χ4v) is 3.65. The molecule has 10 heteroatoms. The minimum atomic E-state index is -1.05. The zero-order valence-corrected chi connectivity index (χ0v) is 24.3. The summed E-state index contributed by atoms with van der Waals surface area (Å²) in [4.78, 5) is 25.3. The molecule has 0 radical (unpaired) electrons. The van der Waals surface area contributed by atoms with Crippen molar-refractivity contribution in [3.05, 3.63) is 95.1 Å². The van der Waals surface area contributed by atoms with E-state index in [0.29, 0.717) is 29.2 Å². The predicted molar refractivity (Wildman–Crippen MR) is 158 cm³/mol. The molecule has 0 fully saturated rings. The Morgan fingerprint density at radius 2 is 1.71 bits per heavy atom. The first-order valence-electron chi connectivity index (χ1n) is 13.5. The second kappa shape index (κ2) is 15.8. The molecule has 0 aliphatic rings. The van der Waals surface area contributed by atoms with E-state index in [9.17, 15) is 14.9 Å². The van der Waals surface area contributed by atoms with E-state index >= 15 is 0 Å². The highest BCUT2D eigenvalue weighted by molar-refractivity contribution is 5.87. The van der Waals surface area contributed by atoms with E-state index in [0.717, 1.165) is 11.1 Å². The van der Waals surface area contributed by atoms with Crippen LogP contribution in [0.5, 0.6) is 11.5 Å². The third kappa shape index (κ3) is 10.6. The predicted octanol–water partition coefficient (Wildman–Crippen LogP) is 5.10. The number of nitrogens with zero attached hydrogens (tertiary/aromatic N) is 2. The molecule has 2 N–H and O–H groups in total. The highest BCUT2D eigenvalue weighted by Gasteiger charge is 2.24. The van der Waals surface area contributed by atoms with Crippen LogP contribution in [0.3, 0.4) is 0 Å². The molecule has 220 valence electrons. The number of alkyl carbamates (subject to hydrolysis) is 1. The molecule has 1 atom stereocenters. The Bertz CT molecular complexity index is 1400. The normalized spacial score (nSPS) is 11.8. The molecule has 3 aromatic carbocycles. The smallest absolute Gasteiger partial charge is 0.408 e. The van der Waals surface area contributed by atoms with Gasteiger partial charge in [0.25, 0.3) is 5.91 Å². The minimum absolute atomic E-state index is 0.0923. The molecule has 0 aliphatic carbocycles. The fourth-order valence-electron chi connectivity index (χ4n) is 3.65. The van der Waals surface area contributed by atoms with Crippen LogP contribution in [0.1, 0.15) is 49.9 Å². The molecule has 0 heterocycles. The standard InChI is InChI=1S/C32H36N4O6/c1-5-40-29-17-24(15-16-28(29)41-21-26-14-10-9-13-25(26)18-33)19-34-36-30(37)27(35-31(38)42-32(2,3)4)22-39-20-23-11-7-6-8-12-23/h6-17,19,27H,5,20-22H2,1-4H3,(H,35,38)(H,36,37)/b34-19-/t27-/m0/s1. The van der Waals surface area contributed by atoms with Crippen LogP contribution in [0, 0.1) is 11.3 Å². The lowest BCUT2D eigenvalue weighted by atomic mass is 10.1. The molecule has 0 saturated heterocycles. The van der Waals surface area contributed by atoms with Gasteiger partial charge >= 0.3 is 6.09 Å². The van der Waals surface area contributed by atoms with Crippen molar-refractivity contribution in [2.75, 3.05) is 13.2 Å². The van der Waals surface area contributed by atoms with Gasteiger partial charge in [0, 0.05) is 5.56 Å². The largest absolute Gasteiger partial charge is 0.490 e. The van der Waals surface area contributed by atoms with Gasteiger partial charge in [-0.2, -0.15) is 10.4 Å². The van der Waals surface area contributed by atoms with Gasteiger partial charge in [-0.25, -0.2) is 10.2 Å². The van der Waals surface area contributed by atoms with Crippen molar-refractivity contribution in [1.29, 1.82) is 5.26 Å². The van der Waals surface area contributed by atoms with Crippen LogP contribution in [0.15, 0.2) is 77.9 Å². The topological polar surface area (TPSA) is 131 Å². The van der Waals surface area contributed by atoms with Gasteiger partial charge in [0.15, 0.2) is 11.5 Å². The van der Waals surface area contributed by atoms with Gasteiger partial charge in [-0.05, 0) is 63.1 Å². The molecule has 0 aromatic heterocycles. The van der Waals surface area contributed by atoms with Crippen molar-refractivity contribution in [3.8, 4) is 17.6 Å². The number of hydrogen-bond donors (Lipinski definition) is 2. The summed E-state index contributed by atoms with van der Waals surface area (Å²) in [6.45, 7) is 7.83. The summed E-state index contributed by atoms with van der Waals surface area (Å²) in [6.07, 6.45) is 0.703. The third-order valence-electron chi connectivity index (χ3n) is 5.58. The van der Waals surface area contributed by atoms with Crippen LogP contribution in [-0.2, 0) is 27.5 Å². The van der Waals surface area contributed by atoms with Crippen molar-refractivity contribution in [2.24, 2.45) is 5.10 Å². The Hall–Kier alpha value is -4.88. The molecule has 0 bridgehead atoms. The lowest BCUT2D eigenvalue weighted by Gasteiger charge is -2.22. The van der Waals surface area contributed by atoms with Crippen LogP contribution < -0.4 is 20.2 Å². The first kappa shape index (κ1) is 31.6. The molecule has 10 nitrogen and oxygen atoms in total. The number of carbonyl (C=O) groups excluding carboxylic acids is 2. The van der Waals surface area contributed by atoms with Crippen LogP contribution in [0.25, 0.3) is 0 Å². The van der Waals surface area contributed by atoms with E-state index < -0.39 is 23.6 Å². The number of amides is 2. The second-order valence-electron chi connectivity index (χ2n) is 10.1. The second-order valence-corrected chi connectivity index (χ2v) is 10.1. The molecule has 42 heavy (non-hydrogen) atoms. The Balaban J connectivity index is 1.64. The molecule has 0 unspecified atom stereocenters. The van der Waals surface area contributed by atoms with Gasteiger partial charge < -0.3 is 24.3 Å². The number of nitrogens with one attached hydrogen (secondary N) is 2. The maximum Gasteiger partial charge on any atom is 0.408 e. The van der Waals surface area contributed by atoms with Gasteiger partial charge in [-0.3, -0.25) is 4.79 Å². The van der Waals surface area contributed by atoms with Gasteiger partial charge in [0.2, 0.25) is 0 Å². The fraction of sp³-hybridized carbons (Fsp3) is 0.312. The van der Waals surface area contributed by atoms with Crippen molar-refractivity contribution in [3.63, 3.8) is 0 Å². The summed E-state index contributed by atoms with van der Waals surface area (Å²) >= 11 is 0. The van der Waals surface area contributed by atoms with Gasteiger partial charge in [-0.1, -0.05) is 48.5 Å². The summed E-state index contributed by atoms with van der Waals surface area (Å²) in [5.41, 5.74) is 4.59. The summed E-state index contributed by atoms with van der Waals surface area (Å²) in [6, 6.07) is 23.0. The van der Waals surface area contributed by atoms with Gasteiger partial charge in [0.05, 0.1) is 37.7 Å². The SMILES string of the molecule is CCOc1cc(/C=N\NC(=O)[C@H](COCc2ccccc2)NC(=O)OC(C)(C)C)ccc1OCc1ccccc1C#N. The summed E-state index contributed by atoms with van der Waals surface area (Å²) in [5.74, 6) is 0.412. The van der Waals surface area contributed by atoms with E-state index in [-0.39, 0.29) is 19.8 Å². The summed E-state index contributed by atoms with van der Waals surface area (Å²) in [5, 5.41) is 15.9. The Morgan fingerprint density at radius 3 is 2.43 bits per heavy atom. The molecule has 2 amide bonds. The molecular weight excluding hydrogens is 536 g/mol. The highest BCUT2D eigenvalue weighted by atomic mass is 16.6. The zero-order chi connectivity index (χ0) is 30.4. The van der Waals surface area contributed by atoms with Crippen LogP contribution in [0.4, 0.5) is 4.79 Å². The van der Waals surface area contributed by atoms with Gasteiger partial charge in [0.1, 0.15) is 18.2 Å². The van der Waals surface area contributed by atoms with Crippen LogP contribution >= 0.6 is 0 Å². The summed E-state index contributed by atoms with van der Waals surface area (Å²) in [7, 11) is 0.